The molecule has 0 fully saturated rings. The molecule has 0 aliphatic carbocycles. The average Bonchev–Trinajstić information content (AvgIpc) is 3.28. The van der Waals surface area contributed by atoms with Gasteiger partial charge < -0.3 is 14.2 Å². The lowest BCUT2D eigenvalue weighted by atomic mass is 10.1. The normalized spacial score (nSPS) is 12.7. The largest absolute Gasteiger partial charge is 0.462 e. The summed E-state index contributed by atoms with van der Waals surface area (Å²) in [7, 11) is 0. The Labute approximate surface area is 388 Å². The summed E-state index contributed by atoms with van der Waals surface area (Å²) >= 11 is 0. The lowest BCUT2D eigenvalue weighted by Crippen LogP contribution is -2.30. The fraction of sp³-hybridized carbons (Fsp3) is 0.702. The van der Waals surface area contributed by atoms with Gasteiger partial charge in [-0.05, 0) is 83.5 Å². The van der Waals surface area contributed by atoms with E-state index < -0.39 is 6.10 Å². The van der Waals surface area contributed by atoms with Crippen molar-refractivity contribution in [2.75, 3.05) is 13.2 Å². The van der Waals surface area contributed by atoms with Crippen molar-refractivity contribution < 1.29 is 28.6 Å². The van der Waals surface area contributed by atoms with Crippen molar-refractivity contribution in [3.05, 3.63) is 85.1 Å². The molecule has 1 unspecified atom stereocenters. The maximum absolute atomic E-state index is 12.8. The summed E-state index contributed by atoms with van der Waals surface area (Å²) in [5, 5.41) is 0. The summed E-state index contributed by atoms with van der Waals surface area (Å²) in [5.41, 5.74) is 0. The maximum Gasteiger partial charge on any atom is 0.306 e. The Balaban J connectivity index is 4.42. The van der Waals surface area contributed by atoms with E-state index in [0.717, 1.165) is 96.3 Å². The molecule has 6 heteroatoms. The minimum Gasteiger partial charge on any atom is -0.462 e. The van der Waals surface area contributed by atoms with E-state index in [4.69, 9.17) is 14.2 Å². The third-order valence-electron chi connectivity index (χ3n) is 11.0. The van der Waals surface area contributed by atoms with Gasteiger partial charge in [0.1, 0.15) is 13.2 Å². The molecule has 0 spiro atoms. The predicted octanol–water partition coefficient (Wildman–Crippen LogP) is 17.2. The molecule has 0 amide bonds. The van der Waals surface area contributed by atoms with Gasteiger partial charge in [-0.3, -0.25) is 14.4 Å². The van der Waals surface area contributed by atoms with Crippen molar-refractivity contribution in [1.82, 2.24) is 0 Å². The third kappa shape index (κ3) is 49.5. The van der Waals surface area contributed by atoms with E-state index in [1.165, 1.54) is 103 Å². The number of carbonyl (C=O) groups excluding carboxylic acids is 3. The van der Waals surface area contributed by atoms with E-state index in [-0.39, 0.29) is 31.1 Å². The SMILES string of the molecule is CC\C=C/C=C\C=C/CCCCCCCCCC(=O)OC(COC(=O)CCCCCCC\C=C/C=C\C=C/CC)COC(=O)CCCCCCCCC/C=C\CCCCCCCC. The van der Waals surface area contributed by atoms with Crippen LogP contribution in [-0.4, -0.2) is 37.2 Å². The Hall–Kier alpha value is -3.41. The second kappa shape index (κ2) is 51.2. The molecule has 0 bridgehead atoms. The van der Waals surface area contributed by atoms with Crippen molar-refractivity contribution in [3.63, 3.8) is 0 Å². The fourth-order valence-electron chi connectivity index (χ4n) is 7.08. The van der Waals surface area contributed by atoms with E-state index in [1.54, 1.807) is 0 Å². The van der Waals surface area contributed by atoms with Crippen molar-refractivity contribution in [3.8, 4) is 0 Å². The molecule has 0 aliphatic heterocycles. The first-order valence-corrected chi connectivity index (χ1v) is 26.2. The summed E-state index contributed by atoms with van der Waals surface area (Å²) in [4.78, 5) is 38.0. The first kappa shape index (κ1) is 59.6. The minimum atomic E-state index is -0.793. The van der Waals surface area contributed by atoms with Gasteiger partial charge in [0.25, 0.3) is 0 Å². The highest BCUT2D eigenvalue weighted by molar-refractivity contribution is 5.71. The molecule has 1 atom stereocenters. The predicted molar refractivity (Wildman–Crippen MR) is 270 cm³/mol. The molecular weight excluding hydrogens is 781 g/mol. The zero-order valence-electron chi connectivity index (χ0n) is 41.1. The van der Waals surface area contributed by atoms with Gasteiger partial charge in [-0.1, -0.05) is 221 Å². The summed E-state index contributed by atoms with van der Waals surface area (Å²) in [6, 6.07) is 0. The molecule has 0 saturated carbocycles. The number of hydrogen-bond donors (Lipinski definition) is 0. The van der Waals surface area contributed by atoms with Gasteiger partial charge in [-0.2, -0.15) is 0 Å². The summed E-state index contributed by atoms with van der Waals surface area (Å²) in [6.45, 7) is 6.34. The highest BCUT2D eigenvalue weighted by Gasteiger charge is 2.19. The molecule has 0 aliphatic rings. The van der Waals surface area contributed by atoms with Crippen LogP contribution in [0.4, 0.5) is 0 Å². The van der Waals surface area contributed by atoms with E-state index in [0.29, 0.717) is 19.3 Å². The monoisotopic (exact) mass is 877 g/mol. The topological polar surface area (TPSA) is 78.9 Å². The van der Waals surface area contributed by atoms with Gasteiger partial charge in [0, 0.05) is 19.3 Å². The number of allylic oxidation sites excluding steroid dienone is 14. The smallest absolute Gasteiger partial charge is 0.306 e. The second-order valence-corrected chi connectivity index (χ2v) is 17.1. The number of rotatable bonds is 46. The highest BCUT2D eigenvalue weighted by Crippen LogP contribution is 2.14. The molecule has 0 heterocycles. The molecular formula is C57H96O6. The summed E-state index contributed by atoms with van der Waals surface area (Å²) in [6.07, 6.45) is 65.6. The van der Waals surface area contributed by atoms with Crippen LogP contribution in [-0.2, 0) is 28.6 Å². The Kier molecular flexibility index (Phi) is 48.5. The van der Waals surface area contributed by atoms with Crippen LogP contribution in [0.1, 0.15) is 239 Å². The van der Waals surface area contributed by atoms with E-state index in [9.17, 15) is 14.4 Å². The zero-order valence-corrected chi connectivity index (χ0v) is 41.1. The Morgan fingerprint density at radius 1 is 0.333 bits per heavy atom. The van der Waals surface area contributed by atoms with Crippen LogP contribution in [0.25, 0.3) is 0 Å². The number of unbranched alkanes of at least 4 members (excludes halogenated alkanes) is 25. The van der Waals surface area contributed by atoms with Crippen LogP contribution < -0.4 is 0 Å². The van der Waals surface area contributed by atoms with Crippen molar-refractivity contribution >= 4 is 17.9 Å². The number of esters is 3. The lowest BCUT2D eigenvalue weighted by Gasteiger charge is -2.18. The number of hydrogen-bond acceptors (Lipinski definition) is 6. The molecule has 0 aromatic heterocycles. The van der Waals surface area contributed by atoms with Gasteiger partial charge in [0.05, 0.1) is 0 Å². The molecule has 0 radical (unpaired) electrons. The number of carbonyl (C=O) groups is 3. The molecule has 0 aromatic carbocycles. The van der Waals surface area contributed by atoms with Gasteiger partial charge >= 0.3 is 17.9 Å². The van der Waals surface area contributed by atoms with Crippen LogP contribution in [0.3, 0.4) is 0 Å². The molecule has 0 rings (SSSR count). The molecule has 360 valence electrons. The van der Waals surface area contributed by atoms with E-state index >= 15 is 0 Å². The second-order valence-electron chi connectivity index (χ2n) is 17.1. The average molecular weight is 877 g/mol. The molecule has 0 saturated heterocycles. The van der Waals surface area contributed by atoms with Gasteiger partial charge in [-0.15, -0.1) is 0 Å². The lowest BCUT2D eigenvalue weighted by molar-refractivity contribution is -0.167. The standard InChI is InChI=1S/C57H96O6/c1-4-7-10-13-16-19-22-25-27-28-30-32-35-38-41-44-47-50-56(59)62-53-54(52-61-55(58)49-46-43-40-37-34-31-24-21-18-15-12-9-6-3)63-57(60)51-48-45-42-39-36-33-29-26-23-20-17-14-11-8-5-2/h8-9,11-12,14-15,17-18,20-21,23-25,27,54H,4-7,10,13,16,19,22,26,28-53H2,1-3H3/b11-8-,12-9-,17-14-,18-15-,23-20-,24-21-,27-25-. The van der Waals surface area contributed by atoms with Crippen LogP contribution in [0, 0.1) is 0 Å². The Morgan fingerprint density at radius 3 is 1.00 bits per heavy atom. The summed E-state index contributed by atoms with van der Waals surface area (Å²) in [5.74, 6) is -0.928. The van der Waals surface area contributed by atoms with Crippen molar-refractivity contribution in [2.45, 2.75) is 245 Å². The first-order chi connectivity index (χ1) is 31.0. The Morgan fingerprint density at radius 2 is 0.635 bits per heavy atom. The maximum atomic E-state index is 12.8. The van der Waals surface area contributed by atoms with Gasteiger partial charge in [0.2, 0.25) is 0 Å². The molecule has 0 N–H and O–H groups in total. The molecule has 63 heavy (non-hydrogen) atoms. The Bertz CT molecular complexity index is 1240. The minimum absolute atomic E-state index is 0.0910. The molecule has 6 nitrogen and oxygen atoms in total. The molecule has 0 aromatic rings. The van der Waals surface area contributed by atoms with E-state index in [1.807, 2.05) is 0 Å². The van der Waals surface area contributed by atoms with Crippen LogP contribution >= 0.6 is 0 Å². The summed E-state index contributed by atoms with van der Waals surface area (Å²) < 4.78 is 16.8. The van der Waals surface area contributed by atoms with Gasteiger partial charge in [-0.25, -0.2) is 0 Å². The van der Waals surface area contributed by atoms with Gasteiger partial charge in [0.15, 0.2) is 6.10 Å². The number of ether oxygens (including phenoxy) is 3. The first-order valence-electron chi connectivity index (χ1n) is 26.2. The van der Waals surface area contributed by atoms with Crippen LogP contribution in [0.5, 0.6) is 0 Å². The van der Waals surface area contributed by atoms with E-state index in [2.05, 4.69) is 106 Å². The fourth-order valence-corrected chi connectivity index (χ4v) is 7.08. The van der Waals surface area contributed by atoms with Crippen molar-refractivity contribution in [2.24, 2.45) is 0 Å². The quantitative estimate of drug-likeness (QED) is 0.0199. The van der Waals surface area contributed by atoms with Crippen molar-refractivity contribution in [1.29, 1.82) is 0 Å². The highest BCUT2D eigenvalue weighted by atomic mass is 16.6. The van der Waals surface area contributed by atoms with Crippen LogP contribution in [0.2, 0.25) is 0 Å². The zero-order chi connectivity index (χ0) is 45.8. The van der Waals surface area contributed by atoms with Crippen LogP contribution in [0.15, 0.2) is 85.1 Å². The third-order valence-corrected chi connectivity index (χ3v) is 11.0.